The van der Waals surface area contributed by atoms with Crippen LogP contribution in [0.25, 0.3) is 16.3 Å². The molecule has 0 spiro atoms. The fraction of sp³-hybridized carbons (Fsp3) is 0.105. The summed E-state index contributed by atoms with van der Waals surface area (Å²) in [5.74, 6) is -0.402. The van der Waals surface area contributed by atoms with Crippen molar-refractivity contribution in [2.24, 2.45) is 0 Å². The Morgan fingerprint density at radius 3 is 2.92 bits per heavy atom. The molecule has 3 aromatic heterocycles. The zero-order valence-corrected chi connectivity index (χ0v) is 15.6. The van der Waals surface area contributed by atoms with Crippen LogP contribution in [0.15, 0.2) is 59.1 Å². The second-order valence-electron chi connectivity index (χ2n) is 5.71. The van der Waals surface area contributed by atoms with Gasteiger partial charge in [-0.3, -0.25) is 0 Å². The van der Waals surface area contributed by atoms with Gasteiger partial charge in [-0.15, -0.1) is 11.3 Å². The molecule has 0 unspecified atom stereocenters. The molecule has 3 heterocycles. The first-order valence-corrected chi connectivity index (χ1v) is 9.76. The summed E-state index contributed by atoms with van der Waals surface area (Å²) in [5.41, 5.74) is 4.43. The maximum atomic E-state index is 12.3. The molecule has 0 saturated carbocycles. The van der Waals surface area contributed by atoms with Crippen LogP contribution in [0.3, 0.4) is 0 Å². The van der Waals surface area contributed by atoms with E-state index in [0.717, 1.165) is 27.4 Å². The molecule has 7 heteroatoms. The quantitative estimate of drug-likeness (QED) is 0.469. The Kier molecular flexibility index (Phi) is 4.64. The highest BCUT2D eigenvalue weighted by molar-refractivity contribution is 7.14. The van der Waals surface area contributed by atoms with Crippen molar-refractivity contribution in [1.29, 1.82) is 0 Å². The number of benzene rings is 1. The van der Waals surface area contributed by atoms with Gasteiger partial charge in [-0.1, -0.05) is 6.07 Å². The van der Waals surface area contributed by atoms with E-state index in [1.54, 1.807) is 29.2 Å². The van der Waals surface area contributed by atoms with Crippen molar-refractivity contribution in [3.8, 4) is 16.3 Å². The maximum absolute atomic E-state index is 12.3. The van der Waals surface area contributed by atoms with Crippen LogP contribution in [0.4, 0.5) is 0 Å². The molecule has 0 aliphatic carbocycles. The first-order chi connectivity index (χ1) is 12.7. The lowest BCUT2D eigenvalue weighted by molar-refractivity contribution is 0.0466. The summed E-state index contributed by atoms with van der Waals surface area (Å²) < 4.78 is 7.38. The molecule has 0 radical (unpaired) electrons. The molecule has 0 bridgehead atoms. The van der Waals surface area contributed by atoms with Gasteiger partial charge in [0.15, 0.2) is 5.69 Å². The summed E-state index contributed by atoms with van der Waals surface area (Å²) in [6, 6.07) is 7.98. The Labute approximate surface area is 158 Å². The Morgan fingerprint density at radius 2 is 2.19 bits per heavy atom. The van der Waals surface area contributed by atoms with E-state index in [1.165, 1.54) is 11.3 Å². The largest absolute Gasteiger partial charge is 0.456 e. The molecule has 0 N–H and O–H groups in total. The lowest BCUT2D eigenvalue weighted by Gasteiger charge is -2.09. The van der Waals surface area contributed by atoms with E-state index in [1.807, 2.05) is 52.7 Å². The number of hydrogen-bond acceptors (Lipinski definition) is 6. The van der Waals surface area contributed by atoms with Crippen LogP contribution in [0, 0.1) is 6.92 Å². The van der Waals surface area contributed by atoms with Crippen molar-refractivity contribution in [2.45, 2.75) is 13.5 Å². The van der Waals surface area contributed by atoms with Crippen molar-refractivity contribution >= 4 is 28.6 Å². The number of carbonyl (C=O) groups excluding carboxylic acids is 1. The van der Waals surface area contributed by atoms with Crippen LogP contribution in [-0.2, 0) is 11.3 Å². The molecule has 0 aliphatic heterocycles. The second-order valence-corrected chi connectivity index (χ2v) is 7.34. The number of aryl methyl sites for hydroxylation is 1. The summed E-state index contributed by atoms with van der Waals surface area (Å²) in [4.78, 5) is 20.7. The molecule has 4 aromatic rings. The zero-order valence-electron chi connectivity index (χ0n) is 14.0. The van der Waals surface area contributed by atoms with Gasteiger partial charge < -0.3 is 9.30 Å². The smallest absolute Gasteiger partial charge is 0.358 e. The number of ether oxygens (including phenoxy) is 1. The van der Waals surface area contributed by atoms with Gasteiger partial charge in [0.2, 0.25) is 0 Å². The van der Waals surface area contributed by atoms with Gasteiger partial charge in [0.1, 0.15) is 11.6 Å². The summed E-state index contributed by atoms with van der Waals surface area (Å²) in [6.45, 7) is 2.22. The molecule has 5 nitrogen and oxygen atoms in total. The second kappa shape index (κ2) is 7.23. The predicted octanol–water partition coefficient (Wildman–Crippen LogP) is 4.72. The molecule has 0 fully saturated rings. The number of thiophene rings is 1. The molecular formula is C19H15N3O2S2. The molecule has 0 saturated heterocycles. The van der Waals surface area contributed by atoms with E-state index < -0.39 is 5.97 Å². The number of carbonyl (C=O) groups is 1. The van der Waals surface area contributed by atoms with Crippen molar-refractivity contribution < 1.29 is 9.53 Å². The summed E-state index contributed by atoms with van der Waals surface area (Å²) >= 11 is 3.05. The molecule has 130 valence electrons. The first-order valence-electron chi connectivity index (χ1n) is 7.94. The zero-order chi connectivity index (χ0) is 17.9. The molecule has 26 heavy (non-hydrogen) atoms. The van der Waals surface area contributed by atoms with Crippen LogP contribution >= 0.6 is 22.7 Å². The standard InChI is InChI=1S/C19H15N3O2S2/c1-13-8-16(22-6-5-20-12-22)3-2-14(13)9-24-19(23)17-11-26-18(21-17)15-4-7-25-10-15/h2-8,10-12H,9H2,1H3. The first kappa shape index (κ1) is 16.7. The SMILES string of the molecule is Cc1cc(-n2ccnc2)ccc1COC(=O)c1csc(-c2ccsc2)n1. The Hall–Kier alpha value is -2.77. The van der Waals surface area contributed by atoms with Gasteiger partial charge in [-0.05, 0) is 41.6 Å². The normalized spacial score (nSPS) is 10.8. The highest BCUT2D eigenvalue weighted by Crippen LogP contribution is 2.26. The number of nitrogens with zero attached hydrogens (tertiary/aromatic N) is 3. The van der Waals surface area contributed by atoms with Crippen molar-refractivity contribution in [3.05, 3.63) is 75.9 Å². The Balaban J connectivity index is 1.43. The van der Waals surface area contributed by atoms with Crippen LogP contribution in [0.5, 0.6) is 0 Å². The fourth-order valence-electron chi connectivity index (χ4n) is 2.52. The van der Waals surface area contributed by atoms with E-state index in [-0.39, 0.29) is 6.61 Å². The highest BCUT2D eigenvalue weighted by atomic mass is 32.1. The lowest BCUT2D eigenvalue weighted by atomic mass is 10.1. The van der Waals surface area contributed by atoms with Crippen molar-refractivity contribution in [1.82, 2.24) is 14.5 Å². The minimum atomic E-state index is -0.402. The van der Waals surface area contributed by atoms with Crippen molar-refractivity contribution in [2.75, 3.05) is 0 Å². The fourth-order valence-corrected chi connectivity index (χ4v) is 4.02. The molecular weight excluding hydrogens is 366 g/mol. The number of rotatable bonds is 5. The molecule has 1 aromatic carbocycles. The van der Waals surface area contributed by atoms with Crippen LogP contribution in [0.1, 0.15) is 21.6 Å². The minimum Gasteiger partial charge on any atom is -0.456 e. The van der Waals surface area contributed by atoms with Crippen LogP contribution in [-0.4, -0.2) is 20.5 Å². The Bertz CT molecular complexity index is 1020. The molecule has 0 atom stereocenters. The van der Waals surface area contributed by atoms with Gasteiger partial charge in [0.25, 0.3) is 0 Å². The predicted molar refractivity (Wildman–Crippen MR) is 103 cm³/mol. The number of aromatic nitrogens is 3. The van der Waals surface area contributed by atoms with E-state index in [9.17, 15) is 4.79 Å². The maximum Gasteiger partial charge on any atom is 0.358 e. The van der Waals surface area contributed by atoms with Gasteiger partial charge in [-0.25, -0.2) is 14.8 Å². The highest BCUT2D eigenvalue weighted by Gasteiger charge is 2.14. The number of thiazole rings is 1. The third kappa shape index (κ3) is 3.44. The Morgan fingerprint density at radius 1 is 1.27 bits per heavy atom. The monoisotopic (exact) mass is 381 g/mol. The van der Waals surface area contributed by atoms with Crippen LogP contribution in [0.2, 0.25) is 0 Å². The van der Waals surface area contributed by atoms with Gasteiger partial charge in [0, 0.05) is 34.4 Å². The molecule has 0 amide bonds. The number of esters is 1. The van der Waals surface area contributed by atoms with E-state index in [0.29, 0.717) is 5.69 Å². The summed E-state index contributed by atoms with van der Waals surface area (Å²) in [5, 5.41) is 6.58. The molecule has 0 aliphatic rings. The topological polar surface area (TPSA) is 57.0 Å². The van der Waals surface area contributed by atoms with E-state index >= 15 is 0 Å². The average molecular weight is 381 g/mol. The van der Waals surface area contributed by atoms with E-state index in [2.05, 4.69) is 9.97 Å². The van der Waals surface area contributed by atoms with E-state index in [4.69, 9.17) is 4.74 Å². The van der Waals surface area contributed by atoms with Gasteiger partial charge in [-0.2, -0.15) is 11.3 Å². The minimum absolute atomic E-state index is 0.222. The molecule has 4 rings (SSSR count). The third-order valence-electron chi connectivity index (χ3n) is 3.97. The average Bonchev–Trinajstić information content (AvgIpc) is 3.42. The van der Waals surface area contributed by atoms with Crippen LogP contribution < -0.4 is 0 Å². The van der Waals surface area contributed by atoms with Gasteiger partial charge in [0.05, 0.1) is 6.33 Å². The number of imidazole rings is 1. The summed E-state index contributed by atoms with van der Waals surface area (Å²) in [7, 11) is 0. The summed E-state index contributed by atoms with van der Waals surface area (Å²) in [6.07, 6.45) is 5.38. The van der Waals surface area contributed by atoms with Gasteiger partial charge >= 0.3 is 5.97 Å². The third-order valence-corrected chi connectivity index (χ3v) is 5.54. The number of hydrogen-bond donors (Lipinski definition) is 0. The van der Waals surface area contributed by atoms with Crippen molar-refractivity contribution in [3.63, 3.8) is 0 Å². The lowest BCUT2D eigenvalue weighted by Crippen LogP contribution is -2.06.